The van der Waals surface area contributed by atoms with Crippen LogP contribution in [0.15, 0.2) is 4.21 Å². The number of rotatable bonds is 3. The summed E-state index contributed by atoms with van der Waals surface area (Å²) < 4.78 is 0.806. The van der Waals surface area contributed by atoms with Crippen molar-refractivity contribution in [1.29, 1.82) is 5.26 Å². The zero-order chi connectivity index (χ0) is 11.7. The highest BCUT2D eigenvalue weighted by Crippen LogP contribution is 2.36. The van der Waals surface area contributed by atoms with Gasteiger partial charge < -0.3 is 11.1 Å². The molecule has 1 amide bonds. The highest BCUT2D eigenvalue weighted by molar-refractivity contribution is 8.00. The Bertz CT molecular complexity index is 471. The second kappa shape index (κ2) is 4.36. The lowest BCUT2D eigenvalue weighted by molar-refractivity contribution is 0.0956. The summed E-state index contributed by atoms with van der Waals surface area (Å²) in [4.78, 5) is 12.3. The minimum atomic E-state index is -0.151. The van der Waals surface area contributed by atoms with Crippen molar-refractivity contribution >= 4 is 34.7 Å². The van der Waals surface area contributed by atoms with Gasteiger partial charge in [0.05, 0.1) is 9.90 Å². The smallest absolute Gasteiger partial charge is 0.263 e. The van der Waals surface area contributed by atoms with Gasteiger partial charge in [-0.25, -0.2) is 0 Å². The van der Waals surface area contributed by atoms with Crippen molar-refractivity contribution in [3.05, 3.63) is 10.4 Å². The molecule has 1 aromatic heterocycles. The second-order valence-electron chi connectivity index (χ2n) is 3.57. The minimum Gasteiger partial charge on any atom is -0.396 e. The maximum atomic E-state index is 11.8. The largest absolute Gasteiger partial charge is 0.396 e. The molecule has 0 aromatic carbocycles. The van der Waals surface area contributed by atoms with Crippen LogP contribution in [0, 0.1) is 11.3 Å². The fraction of sp³-hybridized carbons (Fsp3) is 0.400. The molecule has 0 atom stereocenters. The van der Waals surface area contributed by atoms with Gasteiger partial charge in [0.1, 0.15) is 16.5 Å². The van der Waals surface area contributed by atoms with E-state index in [0.29, 0.717) is 22.2 Å². The second-order valence-corrected chi connectivity index (χ2v) is 5.67. The van der Waals surface area contributed by atoms with Crippen LogP contribution in [0.25, 0.3) is 0 Å². The third kappa shape index (κ3) is 2.01. The third-order valence-corrected chi connectivity index (χ3v) is 4.65. The Kier molecular flexibility index (Phi) is 3.08. The molecule has 4 nitrogen and oxygen atoms in total. The summed E-state index contributed by atoms with van der Waals surface area (Å²) in [6.45, 7) is 0. The number of hydrogen-bond donors (Lipinski definition) is 2. The Labute approximate surface area is 102 Å². The molecule has 1 aliphatic carbocycles. The summed E-state index contributed by atoms with van der Waals surface area (Å²) in [5.41, 5.74) is 6.54. The SMILES string of the molecule is CSc1sc(C(=O)NC2CC2)c(N)c1C#N. The summed E-state index contributed by atoms with van der Waals surface area (Å²) in [6, 6.07) is 2.35. The Balaban J connectivity index is 2.29. The molecule has 0 saturated heterocycles. The zero-order valence-electron chi connectivity index (χ0n) is 8.74. The standard InChI is InChI=1S/C10H11N3OS2/c1-15-10-6(4-11)7(12)8(16-10)9(14)13-5-2-3-5/h5H,2-3,12H2,1H3,(H,13,14). The summed E-state index contributed by atoms with van der Waals surface area (Å²) >= 11 is 2.73. The lowest BCUT2D eigenvalue weighted by atomic mass is 10.2. The number of nitrogens with one attached hydrogen (secondary N) is 1. The van der Waals surface area contributed by atoms with E-state index in [9.17, 15) is 4.79 Å². The third-order valence-electron chi connectivity index (χ3n) is 2.33. The molecular weight excluding hydrogens is 242 g/mol. The number of anilines is 1. The number of carbonyl (C=O) groups excluding carboxylic acids is 1. The molecule has 0 aliphatic heterocycles. The molecule has 0 spiro atoms. The quantitative estimate of drug-likeness (QED) is 0.805. The van der Waals surface area contributed by atoms with Crippen molar-refractivity contribution in [3.63, 3.8) is 0 Å². The first kappa shape index (κ1) is 11.3. The van der Waals surface area contributed by atoms with Crippen LogP contribution in [-0.2, 0) is 0 Å². The van der Waals surface area contributed by atoms with E-state index >= 15 is 0 Å². The summed E-state index contributed by atoms with van der Waals surface area (Å²) in [7, 11) is 0. The van der Waals surface area contributed by atoms with Crippen molar-refractivity contribution in [3.8, 4) is 6.07 Å². The van der Waals surface area contributed by atoms with Crippen LogP contribution in [-0.4, -0.2) is 18.2 Å². The Morgan fingerprint density at radius 3 is 2.81 bits per heavy atom. The highest BCUT2D eigenvalue weighted by Gasteiger charge is 2.27. The first-order valence-corrected chi connectivity index (χ1v) is 6.88. The summed E-state index contributed by atoms with van der Waals surface area (Å²) in [5.74, 6) is -0.151. The van der Waals surface area contributed by atoms with Gasteiger partial charge in [0.2, 0.25) is 0 Å². The van der Waals surface area contributed by atoms with Crippen LogP contribution in [0.5, 0.6) is 0 Å². The van der Waals surface area contributed by atoms with Gasteiger partial charge in [0.15, 0.2) is 0 Å². The van der Waals surface area contributed by atoms with E-state index in [2.05, 4.69) is 5.32 Å². The van der Waals surface area contributed by atoms with Crippen LogP contribution in [0.4, 0.5) is 5.69 Å². The molecule has 2 rings (SSSR count). The fourth-order valence-electron chi connectivity index (χ4n) is 1.32. The van der Waals surface area contributed by atoms with Gasteiger partial charge in [-0.1, -0.05) is 0 Å². The predicted octanol–water partition coefficient (Wildman–Crippen LogP) is 1.82. The molecule has 0 radical (unpaired) electrons. The van der Waals surface area contributed by atoms with E-state index < -0.39 is 0 Å². The molecule has 1 saturated carbocycles. The van der Waals surface area contributed by atoms with Crippen LogP contribution < -0.4 is 11.1 Å². The van der Waals surface area contributed by atoms with E-state index in [1.807, 2.05) is 12.3 Å². The van der Waals surface area contributed by atoms with Gasteiger partial charge in [-0.15, -0.1) is 23.1 Å². The molecular formula is C10H11N3OS2. The lowest BCUT2D eigenvalue weighted by Gasteiger charge is -2.00. The van der Waals surface area contributed by atoms with Crippen molar-refractivity contribution < 1.29 is 4.79 Å². The molecule has 0 unspecified atom stereocenters. The zero-order valence-corrected chi connectivity index (χ0v) is 10.4. The number of thiophene rings is 1. The maximum absolute atomic E-state index is 11.8. The maximum Gasteiger partial charge on any atom is 0.263 e. The molecule has 1 fully saturated rings. The van der Waals surface area contributed by atoms with E-state index in [1.54, 1.807) is 0 Å². The molecule has 16 heavy (non-hydrogen) atoms. The topological polar surface area (TPSA) is 78.9 Å². The van der Waals surface area contributed by atoms with Crippen molar-refractivity contribution in [2.75, 3.05) is 12.0 Å². The number of nitrogens with two attached hydrogens (primary N) is 1. The molecule has 1 heterocycles. The number of hydrogen-bond acceptors (Lipinski definition) is 5. The van der Waals surface area contributed by atoms with E-state index in [0.717, 1.165) is 17.1 Å². The van der Waals surface area contributed by atoms with Gasteiger partial charge in [0.25, 0.3) is 5.91 Å². The van der Waals surface area contributed by atoms with Crippen molar-refractivity contribution in [2.45, 2.75) is 23.1 Å². The molecule has 0 bridgehead atoms. The van der Waals surface area contributed by atoms with Gasteiger partial charge in [0, 0.05) is 6.04 Å². The Hall–Kier alpha value is -1.19. The molecule has 3 N–H and O–H groups in total. The number of carbonyl (C=O) groups is 1. The van der Waals surface area contributed by atoms with Crippen LogP contribution in [0.2, 0.25) is 0 Å². The number of thioether (sulfide) groups is 1. The molecule has 1 aliphatic rings. The first-order valence-electron chi connectivity index (χ1n) is 4.84. The van der Waals surface area contributed by atoms with Crippen LogP contribution >= 0.6 is 23.1 Å². The van der Waals surface area contributed by atoms with Crippen molar-refractivity contribution in [2.24, 2.45) is 0 Å². The van der Waals surface area contributed by atoms with Gasteiger partial charge in [-0.2, -0.15) is 5.26 Å². The van der Waals surface area contributed by atoms with Gasteiger partial charge in [-0.3, -0.25) is 4.79 Å². The number of nitrogens with zero attached hydrogens (tertiary/aromatic N) is 1. The Morgan fingerprint density at radius 1 is 1.69 bits per heavy atom. The normalized spacial score (nSPS) is 14.5. The lowest BCUT2D eigenvalue weighted by Crippen LogP contribution is -2.25. The Morgan fingerprint density at radius 2 is 2.38 bits per heavy atom. The van der Waals surface area contributed by atoms with Crippen LogP contribution in [0.1, 0.15) is 28.1 Å². The number of amides is 1. The minimum absolute atomic E-state index is 0.151. The van der Waals surface area contributed by atoms with E-state index in [1.165, 1.54) is 23.1 Å². The van der Waals surface area contributed by atoms with Gasteiger partial charge >= 0.3 is 0 Å². The molecule has 84 valence electrons. The average Bonchev–Trinajstić information content (AvgIpc) is 3.01. The van der Waals surface area contributed by atoms with Crippen LogP contribution in [0.3, 0.4) is 0 Å². The summed E-state index contributed by atoms with van der Waals surface area (Å²) in [6.07, 6.45) is 3.95. The fourth-order valence-corrected chi connectivity index (χ4v) is 3.07. The first-order chi connectivity index (χ1) is 7.67. The van der Waals surface area contributed by atoms with Crippen molar-refractivity contribution in [1.82, 2.24) is 5.32 Å². The predicted molar refractivity (Wildman–Crippen MR) is 65.7 cm³/mol. The van der Waals surface area contributed by atoms with E-state index in [4.69, 9.17) is 11.0 Å². The average molecular weight is 253 g/mol. The number of nitrogen functional groups attached to an aromatic ring is 1. The van der Waals surface area contributed by atoms with E-state index in [-0.39, 0.29) is 5.91 Å². The molecule has 1 aromatic rings. The molecule has 6 heteroatoms. The number of nitriles is 1. The summed E-state index contributed by atoms with van der Waals surface area (Å²) in [5, 5.41) is 11.8. The van der Waals surface area contributed by atoms with Gasteiger partial charge in [-0.05, 0) is 19.1 Å². The highest BCUT2D eigenvalue weighted by atomic mass is 32.2. The monoisotopic (exact) mass is 253 g/mol.